The van der Waals surface area contributed by atoms with Crippen LogP contribution in [0.2, 0.25) is 0 Å². The van der Waals surface area contributed by atoms with Crippen LogP contribution in [0.3, 0.4) is 0 Å². The molecule has 0 aliphatic carbocycles. The van der Waals surface area contributed by atoms with Gasteiger partial charge >= 0.3 is 0 Å². The molecule has 0 spiro atoms. The Labute approximate surface area is 42.2 Å². The molecule has 0 aromatic heterocycles. The minimum absolute atomic E-state index is 0.313. The van der Waals surface area contributed by atoms with Crippen molar-refractivity contribution in [1.29, 1.82) is 5.26 Å². The van der Waals surface area contributed by atoms with Crippen LogP contribution in [0.15, 0.2) is 5.16 Å². The van der Waals surface area contributed by atoms with Crippen molar-refractivity contribution in [1.82, 2.24) is 0 Å². The molecule has 0 atom stereocenters. The van der Waals surface area contributed by atoms with E-state index in [0.717, 1.165) is 0 Å². The van der Waals surface area contributed by atoms with Crippen LogP contribution in [0.25, 0.3) is 0 Å². The van der Waals surface area contributed by atoms with Gasteiger partial charge in [-0.3, -0.25) is 0 Å². The van der Waals surface area contributed by atoms with Crippen LogP contribution in [0.1, 0.15) is 6.42 Å². The molecule has 0 fully saturated rings. The third-order valence-electron chi connectivity index (χ3n) is 0.363. The van der Waals surface area contributed by atoms with Crippen molar-refractivity contribution in [3.8, 4) is 6.07 Å². The minimum Gasteiger partial charge on any atom is -0.399 e. The molecule has 0 aromatic carbocycles. The molecule has 0 radical (unpaired) electrons. The van der Waals surface area contributed by atoms with E-state index >= 15 is 0 Å². The number of hydrogen-bond donors (Lipinski definition) is 0. The largest absolute Gasteiger partial charge is 0.399 e. The summed E-state index contributed by atoms with van der Waals surface area (Å²) in [6.07, 6.45) is 1.72. The lowest BCUT2D eigenvalue weighted by Crippen LogP contribution is -1.70. The fraction of sp³-hybridized carbons (Fsp3) is 0.500. The lowest BCUT2D eigenvalue weighted by Gasteiger charge is -1.77. The highest BCUT2D eigenvalue weighted by Crippen LogP contribution is 1.67. The number of rotatable bonds is 2. The Bertz CT molecular complexity index is 92.4. The summed E-state index contributed by atoms with van der Waals surface area (Å²) in [7, 11) is 1.44. The number of nitriles is 1. The summed E-state index contributed by atoms with van der Waals surface area (Å²) in [6.45, 7) is 0. The molecule has 0 saturated heterocycles. The molecule has 7 heavy (non-hydrogen) atoms. The van der Waals surface area contributed by atoms with Crippen LogP contribution in [-0.4, -0.2) is 13.3 Å². The third-order valence-corrected chi connectivity index (χ3v) is 0.363. The molecule has 0 aromatic rings. The normalized spacial score (nSPS) is 8.57. The van der Waals surface area contributed by atoms with E-state index in [-0.39, 0.29) is 0 Å². The van der Waals surface area contributed by atoms with Crippen LogP contribution < -0.4 is 0 Å². The molecule has 0 saturated carbocycles. The van der Waals surface area contributed by atoms with Crippen molar-refractivity contribution in [2.45, 2.75) is 6.42 Å². The van der Waals surface area contributed by atoms with Crippen molar-refractivity contribution < 1.29 is 4.84 Å². The predicted octanol–water partition coefficient (Wildman–Crippen LogP) is 0.532. The highest BCUT2D eigenvalue weighted by Gasteiger charge is 1.67. The van der Waals surface area contributed by atoms with Crippen LogP contribution in [-0.2, 0) is 4.84 Å². The Hall–Kier alpha value is -1.04. The Morgan fingerprint density at radius 1 is 2.00 bits per heavy atom. The van der Waals surface area contributed by atoms with Gasteiger partial charge in [0, 0.05) is 0 Å². The van der Waals surface area contributed by atoms with Crippen molar-refractivity contribution in [2.75, 3.05) is 7.11 Å². The summed E-state index contributed by atoms with van der Waals surface area (Å²) in [5, 5.41) is 11.2. The number of oxime groups is 1. The molecule has 0 amide bonds. The molecule has 0 rings (SSSR count). The topological polar surface area (TPSA) is 45.4 Å². The van der Waals surface area contributed by atoms with E-state index in [1.54, 1.807) is 0 Å². The Morgan fingerprint density at radius 2 is 2.71 bits per heavy atom. The Morgan fingerprint density at radius 3 is 3.14 bits per heavy atom. The van der Waals surface area contributed by atoms with E-state index in [1.165, 1.54) is 13.3 Å². The quantitative estimate of drug-likeness (QED) is 0.373. The average molecular weight is 98.1 g/mol. The second-order valence-corrected chi connectivity index (χ2v) is 0.833. The summed E-state index contributed by atoms with van der Waals surface area (Å²) in [5.74, 6) is 0. The van der Waals surface area contributed by atoms with E-state index in [1.807, 2.05) is 6.07 Å². The molecule has 0 N–H and O–H groups in total. The third kappa shape index (κ3) is 4.96. The SMILES string of the molecule is CON=CCC#N. The second-order valence-electron chi connectivity index (χ2n) is 0.833. The molecular weight excluding hydrogens is 92.1 g/mol. The zero-order valence-corrected chi connectivity index (χ0v) is 4.09. The monoisotopic (exact) mass is 98.0 g/mol. The molecule has 38 valence electrons. The summed E-state index contributed by atoms with van der Waals surface area (Å²) in [5.41, 5.74) is 0. The highest BCUT2D eigenvalue weighted by molar-refractivity contribution is 5.59. The van der Waals surface area contributed by atoms with Gasteiger partial charge in [0.25, 0.3) is 0 Å². The molecule has 0 aliphatic heterocycles. The van der Waals surface area contributed by atoms with E-state index in [9.17, 15) is 0 Å². The maximum atomic E-state index is 7.90. The lowest BCUT2D eigenvalue weighted by atomic mass is 10.5. The lowest BCUT2D eigenvalue weighted by molar-refractivity contribution is 0.215. The maximum Gasteiger partial charge on any atom is 0.106 e. The highest BCUT2D eigenvalue weighted by atomic mass is 16.6. The zero-order chi connectivity index (χ0) is 5.54. The van der Waals surface area contributed by atoms with Gasteiger partial charge in [0.05, 0.1) is 18.7 Å². The van der Waals surface area contributed by atoms with Crippen molar-refractivity contribution >= 4 is 6.21 Å². The van der Waals surface area contributed by atoms with E-state index in [0.29, 0.717) is 6.42 Å². The zero-order valence-electron chi connectivity index (χ0n) is 4.09. The minimum atomic E-state index is 0.313. The molecule has 0 bridgehead atoms. The van der Waals surface area contributed by atoms with Crippen LogP contribution in [0.5, 0.6) is 0 Å². The first-order valence-corrected chi connectivity index (χ1v) is 1.83. The first kappa shape index (κ1) is 5.96. The molecular formula is C4H6N2O. The van der Waals surface area contributed by atoms with Gasteiger partial charge in [-0.2, -0.15) is 5.26 Å². The predicted molar refractivity (Wildman–Crippen MR) is 25.7 cm³/mol. The number of nitrogens with zero attached hydrogens (tertiary/aromatic N) is 2. The molecule has 3 nitrogen and oxygen atoms in total. The Kier molecular flexibility index (Phi) is 4.22. The van der Waals surface area contributed by atoms with Crippen LogP contribution >= 0.6 is 0 Å². The van der Waals surface area contributed by atoms with Crippen molar-refractivity contribution in [3.63, 3.8) is 0 Å². The van der Waals surface area contributed by atoms with Gasteiger partial charge in [0.1, 0.15) is 7.11 Å². The summed E-state index contributed by atoms with van der Waals surface area (Å²) in [6, 6.07) is 1.87. The van der Waals surface area contributed by atoms with Crippen LogP contribution in [0.4, 0.5) is 0 Å². The van der Waals surface area contributed by atoms with Crippen LogP contribution in [0, 0.1) is 11.3 Å². The fourth-order valence-corrected chi connectivity index (χ4v) is 0.153. The maximum absolute atomic E-state index is 7.90. The first-order chi connectivity index (χ1) is 3.41. The molecule has 0 aliphatic rings. The smallest absolute Gasteiger partial charge is 0.106 e. The summed E-state index contributed by atoms with van der Waals surface area (Å²) >= 11 is 0. The van der Waals surface area contributed by atoms with E-state index in [2.05, 4.69) is 9.99 Å². The number of hydrogen-bond acceptors (Lipinski definition) is 3. The molecule has 0 unspecified atom stereocenters. The summed E-state index contributed by atoms with van der Waals surface area (Å²) in [4.78, 5) is 4.26. The van der Waals surface area contributed by atoms with E-state index < -0.39 is 0 Å². The average Bonchev–Trinajstić information content (AvgIpc) is 1.69. The molecule has 0 heterocycles. The van der Waals surface area contributed by atoms with Gasteiger partial charge in [-0.15, -0.1) is 0 Å². The van der Waals surface area contributed by atoms with Gasteiger partial charge in [0.2, 0.25) is 0 Å². The van der Waals surface area contributed by atoms with Gasteiger partial charge in [-0.05, 0) is 0 Å². The fourth-order valence-electron chi connectivity index (χ4n) is 0.153. The van der Waals surface area contributed by atoms with Gasteiger partial charge in [-0.25, -0.2) is 0 Å². The molecule has 3 heteroatoms. The van der Waals surface area contributed by atoms with Gasteiger partial charge < -0.3 is 4.84 Å². The first-order valence-electron chi connectivity index (χ1n) is 1.83. The standard InChI is InChI=1S/C4H6N2O/c1-7-6-4-2-3-5/h4H,2H2,1H3. The second kappa shape index (κ2) is 4.96. The van der Waals surface area contributed by atoms with Crippen molar-refractivity contribution in [3.05, 3.63) is 0 Å². The van der Waals surface area contributed by atoms with Gasteiger partial charge in [0.15, 0.2) is 0 Å². The van der Waals surface area contributed by atoms with Gasteiger partial charge in [-0.1, -0.05) is 5.16 Å². The Balaban J connectivity index is 2.97. The van der Waals surface area contributed by atoms with Crippen molar-refractivity contribution in [2.24, 2.45) is 5.16 Å². The van der Waals surface area contributed by atoms with E-state index in [4.69, 9.17) is 5.26 Å². The summed E-state index contributed by atoms with van der Waals surface area (Å²) < 4.78 is 0.